The zero-order valence-corrected chi connectivity index (χ0v) is 26.7. The van der Waals surface area contributed by atoms with Gasteiger partial charge in [0.15, 0.2) is 11.5 Å². The Morgan fingerprint density at radius 1 is 0.500 bits per heavy atom. The molecule has 0 saturated carbocycles. The maximum absolute atomic E-state index is 6.37. The number of fused-ring (bicyclic) bond motifs is 2. The maximum atomic E-state index is 6.37. The van der Waals surface area contributed by atoms with E-state index in [0.717, 1.165) is 21.5 Å². The highest BCUT2D eigenvalue weighted by atomic mass is 35.5. The molecule has 6 rings (SSSR count). The average Bonchev–Trinajstić information content (AvgIpc) is 3.07. The Kier molecular flexibility index (Phi) is 9.28. The monoisotopic (exact) mass is 650 g/mol. The second-order valence-electron chi connectivity index (χ2n) is 10.1. The molecule has 0 saturated heterocycles. The zero-order valence-electron chi connectivity index (χ0n) is 25.1. The van der Waals surface area contributed by atoms with Gasteiger partial charge in [0.25, 0.3) is 0 Å². The molecule has 0 fully saturated rings. The van der Waals surface area contributed by atoms with Crippen LogP contribution in [0, 0.1) is 0 Å². The first-order valence-corrected chi connectivity index (χ1v) is 15.1. The van der Waals surface area contributed by atoms with Gasteiger partial charge >= 0.3 is 0 Å². The smallest absolute Gasteiger partial charge is 0.238 e. The standard InChI is InChI=1S/C36H28Cl2N4O4/c1-22(45-33-16-12-23-8-4-6-10-27(23)35(33)41-39-29-20-25(37)14-18-31(29)43-2)46-34-17-13-24-9-5-7-11-28(24)36(34)42-40-30-21-26(38)15-19-32(30)44-3/h4-22H,1-3H3. The van der Waals surface area contributed by atoms with Gasteiger partial charge in [0, 0.05) is 27.7 Å². The summed E-state index contributed by atoms with van der Waals surface area (Å²) in [6.07, 6.45) is -0.758. The molecule has 230 valence electrons. The third-order valence-corrected chi connectivity index (χ3v) is 7.58. The van der Waals surface area contributed by atoms with E-state index in [1.54, 1.807) is 57.5 Å². The van der Waals surface area contributed by atoms with Crippen molar-refractivity contribution in [2.45, 2.75) is 13.2 Å². The van der Waals surface area contributed by atoms with Crippen molar-refractivity contribution in [3.05, 3.63) is 119 Å². The number of rotatable bonds is 10. The number of hydrogen-bond donors (Lipinski definition) is 0. The van der Waals surface area contributed by atoms with Crippen LogP contribution in [0.15, 0.2) is 130 Å². The molecule has 0 amide bonds. The predicted molar refractivity (Wildman–Crippen MR) is 183 cm³/mol. The summed E-state index contributed by atoms with van der Waals surface area (Å²) in [5.41, 5.74) is 2.03. The van der Waals surface area contributed by atoms with Gasteiger partial charge in [-0.05, 0) is 59.3 Å². The minimum atomic E-state index is -0.758. The molecule has 8 nitrogen and oxygen atoms in total. The Hall–Kier alpha value is -5.18. The molecule has 0 aliphatic rings. The number of benzene rings is 6. The van der Waals surface area contributed by atoms with E-state index < -0.39 is 6.29 Å². The lowest BCUT2D eigenvalue weighted by Gasteiger charge is -2.19. The highest BCUT2D eigenvalue weighted by Gasteiger charge is 2.17. The molecule has 0 aliphatic heterocycles. The first-order chi connectivity index (χ1) is 22.4. The average molecular weight is 652 g/mol. The summed E-state index contributed by atoms with van der Waals surface area (Å²) in [5.74, 6) is 2.04. The lowest BCUT2D eigenvalue weighted by molar-refractivity contribution is 0.0234. The summed E-state index contributed by atoms with van der Waals surface area (Å²) in [7, 11) is 3.14. The third-order valence-electron chi connectivity index (χ3n) is 7.11. The maximum Gasteiger partial charge on any atom is 0.238 e. The Morgan fingerprint density at radius 3 is 1.35 bits per heavy atom. The van der Waals surface area contributed by atoms with E-state index >= 15 is 0 Å². The van der Waals surface area contributed by atoms with E-state index in [2.05, 4.69) is 20.5 Å². The summed E-state index contributed by atoms with van der Waals surface area (Å²) in [4.78, 5) is 0. The van der Waals surface area contributed by atoms with Gasteiger partial charge in [-0.25, -0.2) is 0 Å². The Balaban J connectivity index is 1.35. The lowest BCUT2D eigenvalue weighted by atomic mass is 10.1. The highest BCUT2D eigenvalue weighted by molar-refractivity contribution is 6.31. The molecular weight excluding hydrogens is 623 g/mol. The van der Waals surface area contributed by atoms with Crippen LogP contribution in [-0.2, 0) is 0 Å². The van der Waals surface area contributed by atoms with E-state index in [4.69, 9.17) is 42.1 Å². The molecule has 0 aliphatic carbocycles. The third kappa shape index (κ3) is 6.73. The van der Waals surface area contributed by atoms with Crippen molar-refractivity contribution in [1.82, 2.24) is 0 Å². The molecule has 0 aromatic heterocycles. The van der Waals surface area contributed by atoms with Crippen molar-refractivity contribution in [3.8, 4) is 23.0 Å². The minimum Gasteiger partial charge on any atom is -0.494 e. The van der Waals surface area contributed by atoms with Crippen molar-refractivity contribution in [2.75, 3.05) is 14.2 Å². The summed E-state index contributed by atoms with van der Waals surface area (Å²) < 4.78 is 23.6. The van der Waals surface area contributed by atoms with Crippen molar-refractivity contribution in [1.29, 1.82) is 0 Å². The molecule has 0 radical (unpaired) electrons. The van der Waals surface area contributed by atoms with Gasteiger partial charge in [-0.3, -0.25) is 0 Å². The van der Waals surface area contributed by atoms with E-state index in [-0.39, 0.29) is 0 Å². The van der Waals surface area contributed by atoms with Gasteiger partial charge in [0.1, 0.15) is 34.2 Å². The van der Waals surface area contributed by atoms with Gasteiger partial charge in [-0.2, -0.15) is 0 Å². The fourth-order valence-corrected chi connectivity index (χ4v) is 5.27. The molecule has 0 N–H and O–H groups in total. The first kappa shape index (κ1) is 30.8. The van der Waals surface area contributed by atoms with Crippen LogP contribution in [0.3, 0.4) is 0 Å². The normalized spacial score (nSPS) is 12.2. The highest BCUT2D eigenvalue weighted by Crippen LogP contribution is 2.42. The van der Waals surface area contributed by atoms with Gasteiger partial charge < -0.3 is 18.9 Å². The van der Waals surface area contributed by atoms with Crippen LogP contribution in [0.25, 0.3) is 21.5 Å². The quantitative estimate of drug-likeness (QED) is 0.109. The molecule has 10 heteroatoms. The van der Waals surface area contributed by atoms with Crippen molar-refractivity contribution in [2.24, 2.45) is 20.5 Å². The van der Waals surface area contributed by atoms with Crippen LogP contribution < -0.4 is 18.9 Å². The van der Waals surface area contributed by atoms with Crippen molar-refractivity contribution < 1.29 is 18.9 Å². The molecule has 0 unspecified atom stereocenters. The first-order valence-electron chi connectivity index (χ1n) is 14.3. The molecule has 6 aromatic rings. The molecule has 0 bridgehead atoms. The van der Waals surface area contributed by atoms with Crippen LogP contribution in [0.5, 0.6) is 23.0 Å². The topological polar surface area (TPSA) is 86.4 Å². The molecule has 0 atom stereocenters. The van der Waals surface area contributed by atoms with Gasteiger partial charge in [0.05, 0.1) is 14.2 Å². The lowest BCUT2D eigenvalue weighted by Crippen LogP contribution is -2.19. The number of hydrogen-bond acceptors (Lipinski definition) is 8. The van der Waals surface area contributed by atoms with Gasteiger partial charge in [-0.1, -0.05) is 83.9 Å². The predicted octanol–water partition coefficient (Wildman–Crippen LogP) is 12.0. The van der Waals surface area contributed by atoms with Gasteiger partial charge in [-0.15, -0.1) is 20.5 Å². The molecular formula is C36H28Cl2N4O4. The Morgan fingerprint density at radius 2 is 0.913 bits per heavy atom. The van der Waals surface area contributed by atoms with Crippen molar-refractivity contribution in [3.63, 3.8) is 0 Å². The fraction of sp³-hybridized carbons (Fsp3) is 0.111. The Labute approximate surface area is 275 Å². The SMILES string of the molecule is COc1ccc(Cl)cc1N=Nc1c(OC(C)Oc2ccc3ccccc3c2N=Nc2cc(Cl)ccc2OC)ccc2ccccc12. The van der Waals surface area contributed by atoms with E-state index in [0.29, 0.717) is 55.8 Å². The van der Waals surface area contributed by atoms with E-state index in [1.165, 1.54) is 0 Å². The number of methoxy groups -OCH3 is 2. The van der Waals surface area contributed by atoms with E-state index in [1.807, 2.05) is 72.8 Å². The number of ether oxygens (including phenoxy) is 4. The summed E-state index contributed by atoms with van der Waals surface area (Å²) in [6.45, 7) is 1.80. The minimum absolute atomic E-state index is 0.476. The van der Waals surface area contributed by atoms with Crippen LogP contribution in [0.4, 0.5) is 22.7 Å². The number of nitrogens with zero attached hydrogens (tertiary/aromatic N) is 4. The number of halogens is 2. The molecule has 46 heavy (non-hydrogen) atoms. The number of azo groups is 2. The second kappa shape index (κ2) is 13.9. The molecule has 0 spiro atoms. The van der Waals surface area contributed by atoms with Crippen molar-refractivity contribution >= 4 is 67.5 Å². The van der Waals surface area contributed by atoms with Crippen LogP contribution in [-0.4, -0.2) is 20.5 Å². The van der Waals surface area contributed by atoms with Crippen LogP contribution >= 0.6 is 23.2 Å². The summed E-state index contributed by atoms with van der Waals surface area (Å²) >= 11 is 12.5. The van der Waals surface area contributed by atoms with Gasteiger partial charge in [0.2, 0.25) is 6.29 Å². The molecule has 0 heterocycles. The van der Waals surface area contributed by atoms with E-state index in [9.17, 15) is 0 Å². The second-order valence-corrected chi connectivity index (χ2v) is 11.0. The zero-order chi connectivity index (χ0) is 32.0. The van der Waals surface area contributed by atoms with Crippen LogP contribution in [0.2, 0.25) is 10.0 Å². The summed E-state index contributed by atoms with van der Waals surface area (Å²) in [6, 6.07) is 33.7. The van der Waals surface area contributed by atoms with Crippen LogP contribution in [0.1, 0.15) is 6.92 Å². The summed E-state index contributed by atoms with van der Waals surface area (Å²) in [5, 5.41) is 22.9. The fourth-order valence-electron chi connectivity index (χ4n) is 4.94. The molecule has 6 aromatic carbocycles. The largest absolute Gasteiger partial charge is 0.494 e. The Bertz CT molecular complexity index is 1950.